The molecule has 186 valence electrons. The van der Waals surface area contributed by atoms with Crippen LogP contribution in [0.3, 0.4) is 0 Å². The van der Waals surface area contributed by atoms with Crippen LogP contribution < -0.4 is 10.1 Å². The third-order valence-electron chi connectivity index (χ3n) is 5.38. The molecule has 1 N–H and O–H groups in total. The van der Waals surface area contributed by atoms with Crippen molar-refractivity contribution in [2.45, 2.75) is 37.2 Å². The summed E-state index contributed by atoms with van der Waals surface area (Å²) < 4.78 is 99.1. The Labute approximate surface area is 199 Å². The van der Waals surface area contributed by atoms with E-state index in [1.807, 2.05) is 5.32 Å². The lowest BCUT2D eigenvalue weighted by Gasteiger charge is -2.40. The van der Waals surface area contributed by atoms with Crippen LogP contribution in [0.15, 0.2) is 48.0 Å². The van der Waals surface area contributed by atoms with Crippen molar-refractivity contribution in [3.05, 3.63) is 70.0 Å². The summed E-state index contributed by atoms with van der Waals surface area (Å²) in [5.41, 5.74) is -4.42. The fourth-order valence-electron chi connectivity index (χ4n) is 3.65. The first-order valence-corrected chi connectivity index (χ1v) is 10.4. The minimum atomic E-state index is -5.05. The van der Waals surface area contributed by atoms with Gasteiger partial charge in [-0.05, 0) is 47.4 Å². The molecule has 0 saturated carbocycles. The Hall–Kier alpha value is -3.26. The second-order valence-corrected chi connectivity index (χ2v) is 8.13. The van der Waals surface area contributed by atoms with Gasteiger partial charge >= 0.3 is 12.4 Å². The van der Waals surface area contributed by atoms with Crippen LogP contribution >= 0.6 is 11.6 Å². The second kappa shape index (κ2) is 9.77. The van der Waals surface area contributed by atoms with E-state index in [0.717, 1.165) is 36.4 Å². The van der Waals surface area contributed by atoms with Gasteiger partial charge < -0.3 is 10.1 Å². The third-order valence-corrected chi connectivity index (χ3v) is 5.69. The zero-order chi connectivity index (χ0) is 26.0. The molecule has 1 unspecified atom stereocenters. The van der Waals surface area contributed by atoms with E-state index in [4.69, 9.17) is 16.3 Å². The highest BCUT2D eigenvalue weighted by Gasteiger charge is 2.59. The van der Waals surface area contributed by atoms with Crippen molar-refractivity contribution in [2.24, 2.45) is 0 Å². The molecule has 1 aliphatic rings. The van der Waals surface area contributed by atoms with Gasteiger partial charge in [-0.25, -0.2) is 4.39 Å². The molecule has 1 atom stereocenters. The Morgan fingerprint density at radius 1 is 1.09 bits per heavy atom. The fourth-order valence-corrected chi connectivity index (χ4v) is 3.76. The number of ether oxygens (including phenoxy) is 1. The Bertz CT molecular complexity index is 1180. The molecule has 0 aliphatic carbocycles. The number of hydrogen-bond acceptors (Lipinski definition) is 3. The Morgan fingerprint density at radius 3 is 2.29 bits per heavy atom. The van der Waals surface area contributed by atoms with Gasteiger partial charge in [-0.1, -0.05) is 29.8 Å². The molecule has 0 saturated heterocycles. The Kier molecular flexibility index (Phi) is 7.36. The summed E-state index contributed by atoms with van der Waals surface area (Å²) in [5, 5.41) is 11.0. The summed E-state index contributed by atoms with van der Waals surface area (Å²) >= 11 is 5.64. The number of rotatable bonds is 6. The summed E-state index contributed by atoms with van der Waals surface area (Å²) in [4.78, 5) is 12.6. The molecule has 0 aromatic heterocycles. The molecule has 2 aromatic carbocycles. The van der Waals surface area contributed by atoms with E-state index in [1.165, 1.54) is 6.07 Å². The maximum atomic E-state index is 14.4. The molecular formula is C23H16ClF7N2O2. The molecule has 4 nitrogen and oxygen atoms in total. The first-order chi connectivity index (χ1) is 16.3. The van der Waals surface area contributed by atoms with E-state index in [9.17, 15) is 40.8 Å². The predicted molar refractivity (Wildman–Crippen MR) is 112 cm³/mol. The van der Waals surface area contributed by atoms with Gasteiger partial charge in [-0.3, -0.25) is 4.79 Å². The summed E-state index contributed by atoms with van der Waals surface area (Å²) in [5.74, 6) is -2.21. The van der Waals surface area contributed by atoms with E-state index in [1.54, 1.807) is 6.07 Å². The highest BCUT2D eigenvalue weighted by molar-refractivity contribution is 6.30. The van der Waals surface area contributed by atoms with Gasteiger partial charge in [0.1, 0.15) is 23.2 Å². The zero-order valence-corrected chi connectivity index (χ0v) is 18.4. The summed E-state index contributed by atoms with van der Waals surface area (Å²) in [6.07, 6.45) is -11.7. The van der Waals surface area contributed by atoms with Crippen LogP contribution in [0.1, 0.15) is 30.4 Å². The first-order valence-electron chi connectivity index (χ1n) is 10.1. The average Bonchev–Trinajstić information content (AvgIpc) is 2.77. The molecule has 0 fully saturated rings. The highest BCUT2D eigenvalue weighted by atomic mass is 35.5. The third kappa shape index (κ3) is 5.70. The first kappa shape index (κ1) is 26.3. The summed E-state index contributed by atoms with van der Waals surface area (Å²) in [6.45, 7) is -0.305. The van der Waals surface area contributed by atoms with E-state index < -0.39 is 53.6 Å². The van der Waals surface area contributed by atoms with Crippen LogP contribution in [-0.2, 0) is 10.3 Å². The van der Waals surface area contributed by atoms with E-state index in [0.29, 0.717) is 0 Å². The van der Waals surface area contributed by atoms with Gasteiger partial charge in [-0.2, -0.15) is 31.6 Å². The highest BCUT2D eigenvalue weighted by Crippen LogP contribution is 2.48. The number of nitriles is 1. The van der Waals surface area contributed by atoms with Crippen molar-refractivity contribution in [1.29, 1.82) is 5.26 Å². The van der Waals surface area contributed by atoms with Gasteiger partial charge in [0.25, 0.3) is 5.91 Å². The standard InChI is InChI=1S/C23H16ClF7N2O2/c24-18-7-2-13(10-19(18)25)16-11-21(23(29,30)31,33-20(34)17(16)12-32)14-3-5-15(6-4-14)35-9-1-8-22(26,27)28/h2-7,10H,1,8-9,11H2,(H,33,34). The number of halogens is 8. The fraction of sp³-hybridized carbons (Fsp3) is 0.304. The minimum absolute atomic E-state index is 0.0311. The van der Waals surface area contributed by atoms with Crippen LogP contribution in [0.25, 0.3) is 5.57 Å². The van der Waals surface area contributed by atoms with Crippen LogP contribution in [0.2, 0.25) is 5.02 Å². The largest absolute Gasteiger partial charge is 0.494 e. The van der Waals surface area contributed by atoms with Crippen LogP contribution in [-0.4, -0.2) is 24.9 Å². The van der Waals surface area contributed by atoms with Crippen molar-refractivity contribution in [2.75, 3.05) is 6.61 Å². The molecule has 0 bridgehead atoms. The average molecular weight is 521 g/mol. The quantitative estimate of drug-likeness (QED) is 0.351. The molecule has 12 heteroatoms. The lowest BCUT2D eigenvalue weighted by atomic mass is 9.76. The van der Waals surface area contributed by atoms with Gasteiger partial charge in [0.2, 0.25) is 0 Å². The summed E-state index contributed by atoms with van der Waals surface area (Å²) in [6, 6.07) is 9.01. The normalized spacial score (nSPS) is 18.8. The Balaban J connectivity index is 1.96. The second-order valence-electron chi connectivity index (χ2n) is 7.72. The van der Waals surface area contributed by atoms with Gasteiger partial charge in [0.15, 0.2) is 5.54 Å². The Morgan fingerprint density at radius 2 is 1.74 bits per heavy atom. The summed E-state index contributed by atoms with van der Waals surface area (Å²) in [7, 11) is 0. The SMILES string of the molecule is N#CC1=C(c2ccc(Cl)c(F)c2)CC(c2ccc(OCCCC(F)(F)F)cc2)(C(F)(F)F)NC1=O. The molecule has 35 heavy (non-hydrogen) atoms. The molecule has 0 spiro atoms. The van der Waals surface area contributed by atoms with Crippen LogP contribution in [0.5, 0.6) is 5.75 Å². The van der Waals surface area contributed by atoms with Crippen molar-refractivity contribution in [3.8, 4) is 11.8 Å². The lowest BCUT2D eigenvalue weighted by Crippen LogP contribution is -2.58. The lowest BCUT2D eigenvalue weighted by molar-refractivity contribution is -0.201. The number of benzene rings is 2. The van der Waals surface area contributed by atoms with E-state index in [-0.39, 0.29) is 34.9 Å². The van der Waals surface area contributed by atoms with Crippen molar-refractivity contribution in [1.82, 2.24) is 5.32 Å². The van der Waals surface area contributed by atoms with Crippen molar-refractivity contribution in [3.63, 3.8) is 0 Å². The van der Waals surface area contributed by atoms with Crippen molar-refractivity contribution < 1.29 is 40.3 Å². The van der Waals surface area contributed by atoms with Gasteiger partial charge in [-0.15, -0.1) is 0 Å². The monoisotopic (exact) mass is 520 g/mol. The number of hydrogen-bond donors (Lipinski definition) is 1. The smallest absolute Gasteiger partial charge is 0.416 e. The van der Waals surface area contributed by atoms with E-state index in [2.05, 4.69) is 0 Å². The molecule has 1 aliphatic heterocycles. The molecule has 0 radical (unpaired) electrons. The predicted octanol–water partition coefficient (Wildman–Crippen LogP) is 6.46. The molecule has 1 amide bonds. The number of carbonyl (C=O) groups excluding carboxylic acids is 1. The zero-order valence-electron chi connectivity index (χ0n) is 17.7. The minimum Gasteiger partial charge on any atom is -0.494 e. The molecule has 1 heterocycles. The van der Waals surface area contributed by atoms with Gasteiger partial charge in [0.05, 0.1) is 11.6 Å². The number of amides is 1. The number of nitrogens with one attached hydrogen (secondary N) is 1. The van der Waals surface area contributed by atoms with Crippen LogP contribution in [0.4, 0.5) is 30.7 Å². The topological polar surface area (TPSA) is 62.1 Å². The van der Waals surface area contributed by atoms with Crippen molar-refractivity contribution >= 4 is 23.1 Å². The molecule has 2 aromatic rings. The van der Waals surface area contributed by atoms with E-state index >= 15 is 0 Å². The maximum absolute atomic E-state index is 14.4. The maximum Gasteiger partial charge on any atom is 0.416 e. The van der Waals surface area contributed by atoms with Gasteiger partial charge in [0, 0.05) is 12.8 Å². The number of carbonyl (C=O) groups is 1. The van der Waals surface area contributed by atoms with Crippen LogP contribution in [0, 0.1) is 17.1 Å². The number of alkyl halides is 6. The number of nitrogens with zero attached hydrogens (tertiary/aromatic N) is 1. The molecule has 3 rings (SSSR count). The molecular weight excluding hydrogens is 505 g/mol.